The van der Waals surface area contributed by atoms with Crippen LogP contribution in [-0.4, -0.2) is 69.8 Å². The zero-order chi connectivity index (χ0) is 27.6. The third-order valence-electron chi connectivity index (χ3n) is 6.73. The minimum Gasteiger partial charge on any atom is -0.494 e. The van der Waals surface area contributed by atoms with Gasteiger partial charge in [-0.2, -0.15) is 0 Å². The van der Waals surface area contributed by atoms with Crippen LogP contribution in [0.15, 0.2) is 42.6 Å². The Labute approximate surface area is 227 Å². The Kier molecular flexibility index (Phi) is 7.53. The van der Waals surface area contributed by atoms with Gasteiger partial charge in [-0.15, -0.1) is 0 Å². The first kappa shape index (κ1) is 26.6. The van der Waals surface area contributed by atoms with Crippen LogP contribution in [0.3, 0.4) is 0 Å². The van der Waals surface area contributed by atoms with Gasteiger partial charge in [0.25, 0.3) is 0 Å². The average Bonchev–Trinajstić information content (AvgIpc) is 3.32. The van der Waals surface area contributed by atoms with Gasteiger partial charge >= 0.3 is 0 Å². The average molecular weight is 555 g/mol. The molecule has 0 radical (unpaired) electrons. The van der Waals surface area contributed by atoms with Gasteiger partial charge < -0.3 is 24.6 Å². The molecule has 2 N–H and O–H groups in total. The Morgan fingerprint density at radius 2 is 1.74 bits per heavy atom. The molecule has 0 aliphatic heterocycles. The number of hydrogen-bond donors (Lipinski definition) is 3. The van der Waals surface area contributed by atoms with Crippen molar-refractivity contribution in [2.75, 3.05) is 26.1 Å². The molecule has 0 unspecified atom stereocenters. The standard InChI is InChI=1S/C26H30N6O6S/c1-4-38-21-10-5-7-17(28-21)24-30-23-25(32(24)22-18(36-2)8-6-9-19(22)37-3)29-20(15-27-23)31-26(39(34)35)13-11-16(33)12-14-26/h5-10,15-16,33,39H,4,11-14H2,1-3H3,(H,29,31)/t16-,26-. The number of para-hydroxylation sites is 1. The van der Waals surface area contributed by atoms with Gasteiger partial charge in [0.05, 0.1) is 33.1 Å². The van der Waals surface area contributed by atoms with E-state index in [2.05, 4.69) is 15.3 Å². The van der Waals surface area contributed by atoms with Crippen molar-refractivity contribution >= 4 is 27.8 Å². The van der Waals surface area contributed by atoms with Crippen molar-refractivity contribution in [3.05, 3.63) is 42.6 Å². The van der Waals surface area contributed by atoms with E-state index >= 15 is 0 Å². The highest BCUT2D eigenvalue weighted by Crippen LogP contribution is 2.38. The number of imidazole rings is 1. The zero-order valence-electron chi connectivity index (χ0n) is 21.8. The van der Waals surface area contributed by atoms with Crippen LogP contribution in [0.4, 0.5) is 5.82 Å². The fourth-order valence-corrected chi connectivity index (χ4v) is 5.62. The molecule has 13 heteroatoms. The van der Waals surface area contributed by atoms with Crippen molar-refractivity contribution < 1.29 is 27.7 Å². The van der Waals surface area contributed by atoms with E-state index in [0.29, 0.717) is 65.3 Å². The molecular formula is C26H30N6O6S. The number of aliphatic hydroxyl groups excluding tert-OH is 1. The molecule has 3 heterocycles. The summed E-state index contributed by atoms with van der Waals surface area (Å²) in [6, 6.07) is 10.8. The summed E-state index contributed by atoms with van der Waals surface area (Å²) in [6.07, 6.45) is 2.18. The molecule has 0 saturated heterocycles. The van der Waals surface area contributed by atoms with Crippen LogP contribution in [0.25, 0.3) is 28.5 Å². The predicted octanol–water partition coefficient (Wildman–Crippen LogP) is 2.95. The number of ether oxygens (including phenoxy) is 3. The van der Waals surface area contributed by atoms with E-state index in [9.17, 15) is 13.5 Å². The summed E-state index contributed by atoms with van der Waals surface area (Å²) in [5, 5.41) is 13.1. The molecule has 0 atom stereocenters. The summed E-state index contributed by atoms with van der Waals surface area (Å²) in [5.41, 5.74) is 1.68. The van der Waals surface area contributed by atoms with Gasteiger partial charge in [0.1, 0.15) is 33.6 Å². The van der Waals surface area contributed by atoms with Crippen LogP contribution in [0.5, 0.6) is 17.4 Å². The maximum atomic E-state index is 12.4. The Morgan fingerprint density at radius 1 is 1.05 bits per heavy atom. The fraction of sp³-hybridized carbons (Fsp3) is 0.385. The first-order valence-corrected chi connectivity index (χ1v) is 13.7. The molecule has 0 amide bonds. The lowest BCUT2D eigenvalue weighted by Crippen LogP contribution is -2.44. The van der Waals surface area contributed by atoms with Crippen LogP contribution in [-0.2, 0) is 10.7 Å². The third kappa shape index (κ3) is 5.06. The van der Waals surface area contributed by atoms with Crippen molar-refractivity contribution in [3.63, 3.8) is 0 Å². The van der Waals surface area contributed by atoms with Crippen LogP contribution < -0.4 is 19.5 Å². The van der Waals surface area contributed by atoms with E-state index < -0.39 is 21.7 Å². The number of aromatic nitrogens is 5. The SMILES string of the molecule is CCOc1cccc(-c2nc3ncc(N[C@]4([SH](=O)=O)CC[C@H](O)CC4)nc3n2-c2c(OC)cccc2OC)n1. The van der Waals surface area contributed by atoms with Gasteiger partial charge in [-0.05, 0) is 50.8 Å². The lowest BCUT2D eigenvalue weighted by Gasteiger charge is -2.35. The molecule has 1 aliphatic rings. The van der Waals surface area contributed by atoms with Gasteiger partial charge in [-0.1, -0.05) is 12.1 Å². The second-order valence-corrected chi connectivity index (χ2v) is 10.5. The van der Waals surface area contributed by atoms with Gasteiger partial charge in [0.2, 0.25) is 5.88 Å². The summed E-state index contributed by atoms with van der Waals surface area (Å²) < 4.78 is 43.4. The topological polar surface area (TPSA) is 151 Å². The second kappa shape index (κ2) is 11.0. The summed E-state index contributed by atoms with van der Waals surface area (Å²) in [7, 11) is 0.232. The summed E-state index contributed by atoms with van der Waals surface area (Å²) >= 11 is 0. The number of pyridine rings is 1. The smallest absolute Gasteiger partial charge is 0.213 e. The number of benzene rings is 1. The van der Waals surface area contributed by atoms with Crippen molar-refractivity contribution in [1.29, 1.82) is 0 Å². The Balaban J connectivity index is 1.72. The largest absolute Gasteiger partial charge is 0.494 e. The van der Waals surface area contributed by atoms with E-state index in [-0.39, 0.29) is 18.7 Å². The number of methoxy groups -OCH3 is 2. The molecule has 206 valence electrons. The lowest BCUT2D eigenvalue weighted by atomic mass is 9.92. The number of thiol groups is 1. The maximum Gasteiger partial charge on any atom is 0.213 e. The molecule has 5 rings (SSSR count). The third-order valence-corrected chi connectivity index (χ3v) is 7.99. The number of nitrogens with one attached hydrogen (secondary N) is 1. The molecule has 1 aromatic carbocycles. The summed E-state index contributed by atoms with van der Waals surface area (Å²) in [4.78, 5) is 17.4. The summed E-state index contributed by atoms with van der Waals surface area (Å²) in [5.74, 6) is 2.10. The first-order valence-electron chi connectivity index (χ1n) is 12.6. The van der Waals surface area contributed by atoms with Crippen molar-refractivity contribution in [3.8, 4) is 34.6 Å². The first-order chi connectivity index (χ1) is 18.9. The number of fused-ring (bicyclic) bond motifs is 1. The van der Waals surface area contributed by atoms with E-state index in [4.69, 9.17) is 24.2 Å². The van der Waals surface area contributed by atoms with E-state index in [1.165, 1.54) is 6.20 Å². The molecule has 0 bridgehead atoms. The normalized spacial score (nSPS) is 19.3. The molecule has 3 aromatic heterocycles. The number of anilines is 1. The molecule has 0 spiro atoms. The van der Waals surface area contributed by atoms with Crippen molar-refractivity contribution in [2.24, 2.45) is 0 Å². The molecule has 39 heavy (non-hydrogen) atoms. The molecule has 1 saturated carbocycles. The van der Waals surface area contributed by atoms with E-state index in [1.807, 2.05) is 13.0 Å². The lowest BCUT2D eigenvalue weighted by molar-refractivity contribution is 0.120. The Bertz CT molecular complexity index is 1530. The monoisotopic (exact) mass is 554 g/mol. The predicted molar refractivity (Wildman–Crippen MR) is 145 cm³/mol. The van der Waals surface area contributed by atoms with Crippen LogP contribution in [0.2, 0.25) is 0 Å². The number of hydrogen-bond acceptors (Lipinski definition) is 11. The molecule has 1 fully saturated rings. The second-order valence-electron chi connectivity index (χ2n) is 9.12. The number of aliphatic hydroxyl groups is 1. The fourth-order valence-electron chi connectivity index (χ4n) is 4.79. The molecule has 4 aromatic rings. The van der Waals surface area contributed by atoms with Gasteiger partial charge in [0, 0.05) is 6.07 Å². The van der Waals surface area contributed by atoms with E-state index in [1.54, 1.807) is 49.1 Å². The van der Waals surface area contributed by atoms with E-state index in [0.717, 1.165) is 0 Å². The highest BCUT2D eigenvalue weighted by atomic mass is 32.2. The molecule has 12 nitrogen and oxygen atoms in total. The van der Waals surface area contributed by atoms with Gasteiger partial charge in [-0.25, -0.2) is 28.4 Å². The van der Waals surface area contributed by atoms with Crippen molar-refractivity contribution in [1.82, 2.24) is 24.5 Å². The number of rotatable bonds is 9. The van der Waals surface area contributed by atoms with Crippen LogP contribution in [0.1, 0.15) is 32.6 Å². The van der Waals surface area contributed by atoms with Crippen molar-refractivity contribution in [2.45, 2.75) is 43.6 Å². The maximum absolute atomic E-state index is 12.4. The van der Waals surface area contributed by atoms with Crippen LogP contribution >= 0.6 is 0 Å². The molecular weight excluding hydrogens is 524 g/mol. The quantitative estimate of drug-likeness (QED) is 0.262. The number of nitrogens with zero attached hydrogens (tertiary/aromatic N) is 5. The van der Waals surface area contributed by atoms with Crippen LogP contribution in [0, 0.1) is 0 Å². The zero-order valence-corrected chi connectivity index (χ0v) is 22.7. The summed E-state index contributed by atoms with van der Waals surface area (Å²) in [6.45, 7) is 2.33. The minimum atomic E-state index is -2.87. The van der Waals surface area contributed by atoms with Gasteiger partial charge in [-0.3, -0.25) is 4.57 Å². The minimum absolute atomic E-state index is 0.256. The Morgan fingerprint density at radius 3 is 2.38 bits per heavy atom. The van der Waals surface area contributed by atoms with Gasteiger partial charge in [0.15, 0.2) is 27.8 Å². The highest BCUT2D eigenvalue weighted by molar-refractivity contribution is 7.74. The highest BCUT2D eigenvalue weighted by Gasteiger charge is 2.38. The molecule has 1 aliphatic carbocycles. The Hall–Kier alpha value is -3.97.